The molecule has 0 aliphatic carbocycles. The first-order valence-electron chi connectivity index (χ1n) is 10.3. The van der Waals surface area contributed by atoms with Gasteiger partial charge in [-0.1, -0.05) is 60.2 Å². The fourth-order valence-corrected chi connectivity index (χ4v) is 3.79. The fourth-order valence-electron chi connectivity index (χ4n) is 3.79. The Labute approximate surface area is 168 Å². The SMILES string of the molecule is Cc1ccc(C(OC2CCN(CCCCC(=O)O)CC2)c2ccccc2)cc1. The van der Waals surface area contributed by atoms with Crippen LogP contribution in [0, 0.1) is 6.92 Å². The lowest BCUT2D eigenvalue weighted by Gasteiger charge is -2.34. The fraction of sp³-hybridized carbons (Fsp3) is 0.458. The maximum absolute atomic E-state index is 10.6. The zero-order chi connectivity index (χ0) is 19.8. The average Bonchev–Trinajstić information content (AvgIpc) is 2.72. The molecule has 2 aromatic carbocycles. The maximum atomic E-state index is 10.6. The second-order valence-electron chi connectivity index (χ2n) is 7.73. The van der Waals surface area contributed by atoms with Crippen molar-refractivity contribution in [2.45, 2.75) is 51.2 Å². The molecule has 0 aromatic heterocycles. The summed E-state index contributed by atoms with van der Waals surface area (Å²) in [4.78, 5) is 13.1. The predicted molar refractivity (Wildman–Crippen MR) is 111 cm³/mol. The van der Waals surface area contributed by atoms with E-state index in [0.717, 1.165) is 45.3 Å². The quantitative estimate of drug-likeness (QED) is 0.633. The van der Waals surface area contributed by atoms with Crippen molar-refractivity contribution in [2.24, 2.45) is 0 Å². The number of hydrogen-bond acceptors (Lipinski definition) is 3. The molecule has 0 saturated carbocycles. The van der Waals surface area contributed by atoms with Crippen LogP contribution in [0.15, 0.2) is 54.6 Å². The third-order valence-electron chi connectivity index (χ3n) is 5.46. The van der Waals surface area contributed by atoms with Gasteiger partial charge in [0.25, 0.3) is 0 Å². The first kappa shape index (κ1) is 20.6. The molecule has 2 aromatic rings. The molecule has 1 N–H and O–H groups in total. The molecule has 28 heavy (non-hydrogen) atoms. The Morgan fingerprint density at radius 2 is 1.68 bits per heavy atom. The van der Waals surface area contributed by atoms with E-state index in [0.29, 0.717) is 0 Å². The van der Waals surface area contributed by atoms with Gasteiger partial charge in [-0.05, 0) is 50.3 Å². The van der Waals surface area contributed by atoms with Crippen LogP contribution in [0.3, 0.4) is 0 Å². The van der Waals surface area contributed by atoms with Crippen molar-refractivity contribution in [3.63, 3.8) is 0 Å². The molecule has 0 amide bonds. The maximum Gasteiger partial charge on any atom is 0.303 e. The Morgan fingerprint density at radius 3 is 2.32 bits per heavy atom. The molecule has 1 aliphatic rings. The molecule has 1 atom stereocenters. The summed E-state index contributed by atoms with van der Waals surface area (Å²) in [6, 6.07) is 19.1. The van der Waals surface area contributed by atoms with E-state index in [2.05, 4.69) is 60.4 Å². The molecule has 1 saturated heterocycles. The van der Waals surface area contributed by atoms with Gasteiger partial charge in [0, 0.05) is 19.5 Å². The van der Waals surface area contributed by atoms with Gasteiger partial charge in [-0.25, -0.2) is 0 Å². The van der Waals surface area contributed by atoms with Gasteiger partial charge in [0.05, 0.1) is 6.10 Å². The zero-order valence-corrected chi connectivity index (χ0v) is 16.7. The van der Waals surface area contributed by atoms with Gasteiger partial charge in [-0.15, -0.1) is 0 Å². The van der Waals surface area contributed by atoms with Gasteiger partial charge in [0.2, 0.25) is 0 Å². The molecule has 0 spiro atoms. The lowest BCUT2D eigenvalue weighted by Crippen LogP contribution is -2.38. The number of carboxylic acid groups (broad SMARTS) is 1. The standard InChI is InChI=1S/C24H31NO3/c1-19-10-12-21(13-11-19)24(20-7-3-2-4-8-20)28-22-14-17-25(18-15-22)16-6-5-9-23(26)27/h2-4,7-8,10-13,22,24H,5-6,9,14-18H2,1H3,(H,26,27). The molecule has 0 radical (unpaired) electrons. The minimum atomic E-state index is -0.699. The summed E-state index contributed by atoms with van der Waals surface area (Å²) in [6.45, 7) is 5.13. The molecule has 1 aliphatic heterocycles. The van der Waals surface area contributed by atoms with Crippen LogP contribution in [0.1, 0.15) is 54.9 Å². The highest BCUT2D eigenvalue weighted by molar-refractivity contribution is 5.66. The zero-order valence-electron chi connectivity index (χ0n) is 16.7. The number of likely N-dealkylation sites (tertiary alicyclic amines) is 1. The topological polar surface area (TPSA) is 49.8 Å². The highest BCUT2D eigenvalue weighted by Gasteiger charge is 2.24. The van der Waals surface area contributed by atoms with Crippen molar-refractivity contribution < 1.29 is 14.6 Å². The molecule has 4 heteroatoms. The number of benzene rings is 2. The summed E-state index contributed by atoms with van der Waals surface area (Å²) < 4.78 is 6.60. The minimum Gasteiger partial charge on any atom is -0.481 e. The summed E-state index contributed by atoms with van der Waals surface area (Å²) >= 11 is 0. The van der Waals surface area contributed by atoms with Crippen molar-refractivity contribution in [1.29, 1.82) is 0 Å². The summed E-state index contributed by atoms with van der Waals surface area (Å²) in [5.74, 6) is -0.699. The molecule has 0 bridgehead atoms. The van der Waals surface area contributed by atoms with Crippen LogP contribution >= 0.6 is 0 Å². The van der Waals surface area contributed by atoms with Gasteiger partial charge in [-0.3, -0.25) is 4.79 Å². The number of rotatable bonds is 9. The second-order valence-corrected chi connectivity index (χ2v) is 7.73. The number of aliphatic carboxylic acids is 1. The van der Waals surface area contributed by atoms with E-state index >= 15 is 0 Å². The van der Waals surface area contributed by atoms with Crippen molar-refractivity contribution in [3.05, 3.63) is 71.3 Å². The van der Waals surface area contributed by atoms with Crippen LogP contribution in [0.5, 0.6) is 0 Å². The van der Waals surface area contributed by atoms with Gasteiger partial charge < -0.3 is 14.7 Å². The molecule has 1 unspecified atom stereocenters. The number of unbranched alkanes of at least 4 members (excludes halogenated alkanes) is 1. The van der Waals surface area contributed by atoms with Crippen LogP contribution in [-0.2, 0) is 9.53 Å². The summed E-state index contributed by atoms with van der Waals surface area (Å²) in [5, 5.41) is 8.74. The van der Waals surface area contributed by atoms with Crippen LogP contribution in [0.25, 0.3) is 0 Å². The number of piperidine rings is 1. The average molecular weight is 382 g/mol. The summed E-state index contributed by atoms with van der Waals surface area (Å²) in [5.41, 5.74) is 3.65. The van der Waals surface area contributed by atoms with E-state index in [1.807, 2.05) is 6.07 Å². The smallest absolute Gasteiger partial charge is 0.303 e. The monoisotopic (exact) mass is 381 g/mol. The Balaban J connectivity index is 1.55. The number of carbonyl (C=O) groups is 1. The van der Waals surface area contributed by atoms with Crippen LogP contribution in [0.2, 0.25) is 0 Å². The van der Waals surface area contributed by atoms with Crippen molar-refractivity contribution in [3.8, 4) is 0 Å². The van der Waals surface area contributed by atoms with Crippen molar-refractivity contribution in [1.82, 2.24) is 4.90 Å². The lowest BCUT2D eigenvalue weighted by molar-refractivity contribution is -0.137. The first-order chi connectivity index (χ1) is 13.6. The number of carboxylic acids is 1. The normalized spacial score (nSPS) is 16.8. The van der Waals surface area contributed by atoms with E-state index in [1.54, 1.807) is 0 Å². The molecule has 3 rings (SSSR count). The highest BCUT2D eigenvalue weighted by atomic mass is 16.5. The van der Waals surface area contributed by atoms with Gasteiger partial charge in [0.1, 0.15) is 6.10 Å². The predicted octanol–water partition coefficient (Wildman–Crippen LogP) is 4.82. The lowest BCUT2D eigenvalue weighted by atomic mass is 9.99. The minimum absolute atomic E-state index is 0.0334. The van der Waals surface area contributed by atoms with Crippen LogP contribution < -0.4 is 0 Å². The van der Waals surface area contributed by atoms with E-state index in [1.165, 1.54) is 16.7 Å². The molecule has 4 nitrogen and oxygen atoms in total. The molecule has 1 heterocycles. The number of ether oxygens (including phenoxy) is 1. The molecular formula is C24H31NO3. The number of aryl methyl sites for hydroxylation is 1. The Morgan fingerprint density at radius 1 is 1.04 bits per heavy atom. The van der Waals surface area contributed by atoms with Gasteiger partial charge in [-0.2, -0.15) is 0 Å². The summed E-state index contributed by atoms with van der Waals surface area (Å²) in [7, 11) is 0. The molecule has 1 fully saturated rings. The molecular weight excluding hydrogens is 350 g/mol. The molecule has 150 valence electrons. The van der Waals surface area contributed by atoms with E-state index in [9.17, 15) is 4.79 Å². The van der Waals surface area contributed by atoms with Crippen LogP contribution in [-0.4, -0.2) is 41.7 Å². The summed E-state index contributed by atoms with van der Waals surface area (Å²) in [6.07, 6.45) is 4.25. The number of hydrogen-bond donors (Lipinski definition) is 1. The third kappa shape index (κ3) is 6.18. The Bertz CT molecular complexity index is 721. The second kappa shape index (κ2) is 10.4. The van der Waals surface area contributed by atoms with Crippen molar-refractivity contribution >= 4 is 5.97 Å². The van der Waals surface area contributed by atoms with Crippen LogP contribution in [0.4, 0.5) is 0 Å². The Hall–Kier alpha value is -2.17. The third-order valence-corrected chi connectivity index (χ3v) is 5.46. The van der Waals surface area contributed by atoms with Gasteiger partial charge >= 0.3 is 5.97 Å². The van der Waals surface area contributed by atoms with E-state index < -0.39 is 5.97 Å². The van der Waals surface area contributed by atoms with E-state index in [-0.39, 0.29) is 18.6 Å². The van der Waals surface area contributed by atoms with Gasteiger partial charge in [0.15, 0.2) is 0 Å². The highest BCUT2D eigenvalue weighted by Crippen LogP contribution is 2.30. The largest absolute Gasteiger partial charge is 0.481 e. The van der Waals surface area contributed by atoms with Crippen molar-refractivity contribution in [2.75, 3.05) is 19.6 Å². The van der Waals surface area contributed by atoms with E-state index in [4.69, 9.17) is 9.84 Å². The number of nitrogens with zero attached hydrogens (tertiary/aromatic N) is 1. The Kier molecular flexibility index (Phi) is 7.63. The first-order valence-corrected chi connectivity index (χ1v) is 10.3.